The first-order valence-corrected chi connectivity index (χ1v) is 6.01. The quantitative estimate of drug-likeness (QED) is 0.713. The fourth-order valence-corrected chi connectivity index (χ4v) is 2.02. The molecule has 17 heavy (non-hydrogen) atoms. The Morgan fingerprint density at radius 2 is 2.12 bits per heavy atom. The highest BCUT2D eigenvalue weighted by molar-refractivity contribution is 7.14. The van der Waals surface area contributed by atoms with Crippen LogP contribution in [-0.4, -0.2) is 6.03 Å². The summed E-state index contributed by atoms with van der Waals surface area (Å²) in [7, 11) is 0. The second kappa shape index (κ2) is 4.88. The number of thiophene rings is 1. The lowest BCUT2D eigenvalue weighted by Gasteiger charge is -2.09. The van der Waals surface area contributed by atoms with E-state index in [1.807, 2.05) is 36.6 Å². The standard InChI is InChI=1S/C12H13N3OS/c1-8-4-5-10(9(13)7-8)14-12(16)15-11-3-2-6-17-11/h2-7H,13H2,1H3,(H2,14,15,16). The van der Waals surface area contributed by atoms with Crippen molar-refractivity contribution < 1.29 is 4.79 Å². The number of carbonyl (C=O) groups is 1. The fraction of sp³-hybridized carbons (Fsp3) is 0.0833. The van der Waals surface area contributed by atoms with Gasteiger partial charge in [-0.15, -0.1) is 11.3 Å². The second-order valence-corrected chi connectivity index (χ2v) is 4.59. The van der Waals surface area contributed by atoms with Gasteiger partial charge in [-0.25, -0.2) is 4.79 Å². The SMILES string of the molecule is Cc1ccc(NC(=O)Nc2cccs2)c(N)c1. The molecule has 2 aromatic rings. The monoisotopic (exact) mass is 247 g/mol. The Hall–Kier alpha value is -2.01. The molecule has 0 saturated carbocycles. The molecule has 2 rings (SSSR count). The number of nitrogen functional groups attached to an aromatic ring is 1. The van der Waals surface area contributed by atoms with E-state index >= 15 is 0 Å². The average molecular weight is 247 g/mol. The Balaban J connectivity index is 2.03. The Labute approximate surface area is 103 Å². The molecule has 88 valence electrons. The topological polar surface area (TPSA) is 67.2 Å². The van der Waals surface area contributed by atoms with Crippen LogP contribution in [0.3, 0.4) is 0 Å². The third-order valence-electron chi connectivity index (χ3n) is 2.21. The maximum atomic E-state index is 11.6. The zero-order valence-electron chi connectivity index (χ0n) is 9.36. The minimum absolute atomic E-state index is 0.289. The summed E-state index contributed by atoms with van der Waals surface area (Å²) in [5.41, 5.74) is 8.04. The third-order valence-corrected chi connectivity index (χ3v) is 3.00. The molecule has 4 nitrogen and oxygen atoms in total. The van der Waals surface area contributed by atoms with Crippen LogP contribution in [0.1, 0.15) is 5.56 Å². The number of nitrogens with two attached hydrogens (primary N) is 1. The van der Waals surface area contributed by atoms with Crippen molar-refractivity contribution in [3.05, 3.63) is 41.3 Å². The van der Waals surface area contributed by atoms with E-state index in [4.69, 9.17) is 5.73 Å². The highest BCUT2D eigenvalue weighted by Crippen LogP contribution is 2.20. The molecule has 0 bridgehead atoms. The predicted octanol–water partition coefficient (Wildman–Crippen LogP) is 3.28. The van der Waals surface area contributed by atoms with Crippen LogP contribution in [0.15, 0.2) is 35.7 Å². The van der Waals surface area contributed by atoms with Crippen molar-refractivity contribution in [3.8, 4) is 0 Å². The summed E-state index contributed by atoms with van der Waals surface area (Å²) < 4.78 is 0. The van der Waals surface area contributed by atoms with Crippen molar-refractivity contribution in [3.63, 3.8) is 0 Å². The number of nitrogens with one attached hydrogen (secondary N) is 2. The summed E-state index contributed by atoms with van der Waals surface area (Å²) in [5.74, 6) is 0. The summed E-state index contributed by atoms with van der Waals surface area (Å²) in [6.07, 6.45) is 0. The van der Waals surface area contributed by atoms with Crippen LogP contribution in [0, 0.1) is 6.92 Å². The van der Waals surface area contributed by atoms with Crippen molar-refractivity contribution in [2.24, 2.45) is 0 Å². The Morgan fingerprint density at radius 1 is 1.29 bits per heavy atom. The smallest absolute Gasteiger partial charge is 0.324 e. The largest absolute Gasteiger partial charge is 0.397 e. The van der Waals surface area contributed by atoms with Gasteiger partial charge in [0.2, 0.25) is 0 Å². The van der Waals surface area contributed by atoms with Gasteiger partial charge in [-0.1, -0.05) is 6.07 Å². The van der Waals surface area contributed by atoms with Gasteiger partial charge in [-0.05, 0) is 42.1 Å². The maximum absolute atomic E-state index is 11.6. The maximum Gasteiger partial charge on any atom is 0.324 e. The van der Waals surface area contributed by atoms with Crippen LogP contribution in [0.5, 0.6) is 0 Å². The molecule has 0 spiro atoms. The molecule has 1 heterocycles. The Morgan fingerprint density at radius 3 is 2.76 bits per heavy atom. The first-order valence-electron chi connectivity index (χ1n) is 5.13. The molecular weight excluding hydrogens is 234 g/mol. The summed E-state index contributed by atoms with van der Waals surface area (Å²) in [5, 5.41) is 8.13. The third kappa shape index (κ3) is 2.98. The fourth-order valence-electron chi connectivity index (χ4n) is 1.41. The van der Waals surface area contributed by atoms with Crippen LogP contribution in [-0.2, 0) is 0 Å². The lowest BCUT2D eigenvalue weighted by Crippen LogP contribution is -2.19. The number of amides is 2. The molecular formula is C12H13N3OS. The number of rotatable bonds is 2. The Kier molecular flexibility index (Phi) is 3.30. The predicted molar refractivity (Wildman–Crippen MR) is 72.6 cm³/mol. The average Bonchev–Trinajstić information content (AvgIpc) is 2.75. The number of anilines is 3. The van der Waals surface area contributed by atoms with Gasteiger partial charge in [0.1, 0.15) is 0 Å². The van der Waals surface area contributed by atoms with Gasteiger partial charge in [0.05, 0.1) is 16.4 Å². The van der Waals surface area contributed by atoms with E-state index in [1.165, 1.54) is 11.3 Å². The molecule has 0 unspecified atom stereocenters. The molecule has 0 aliphatic heterocycles. The number of carbonyl (C=O) groups excluding carboxylic acids is 1. The molecule has 0 atom stereocenters. The minimum atomic E-state index is -0.289. The van der Waals surface area contributed by atoms with E-state index in [0.29, 0.717) is 11.4 Å². The van der Waals surface area contributed by atoms with Gasteiger partial charge < -0.3 is 11.1 Å². The highest BCUT2D eigenvalue weighted by Gasteiger charge is 2.05. The molecule has 2 amide bonds. The van der Waals surface area contributed by atoms with Crippen molar-refractivity contribution in [2.75, 3.05) is 16.4 Å². The van der Waals surface area contributed by atoms with E-state index in [-0.39, 0.29) is 6.03 Å². The molecule has 0 fully saturated rings. The van der Waals surface area contributed by atoms with Gasteiger partial charge in [0.15, 0.2) is 0 Å². The number of benzene rings is 1. The van der Waals surface area contributed by atoms with Gasteiger partial charge in [-0.3, -0.25) is 5.32 Å². The number of hydrogen-bond donors (Lipinski definition) is 3. The molecule has 0 aliphatic carbocycles. The lowest BCUT2D eigenvalue weighted by atomic mass is 10.2. The summed E-state index contributed by atoms with van der Waals surface area (Å²) in [6.45, 7) is 1.95. The normalized spacial score (nSPS) is 9.94. The van der Waals surface area contributed by atoms with Crippen molar-refractivity contribution in [1.29, 1.82) is 0 Å². The lowest BCUT2D eigenvalue weighted by molar-refractivity contribution is 0.262. The van der Waals surface area contributed by atoms with Gasteiger partial charge in [0, 0.05) is 0 Å². The molecule has 1 aromatic heterocycles. The van der Waals surface area contributed by atoms with Crippen molar-refractivity contribution in [1.82, 2.24) is 0 Å². The molecule has 0 saturated heterocycles. The Bertz CT molecular complexity index is 523. The van der Waals surface area contributed by atoms with E-state index in [0.717, 1.165) is 10.6 Å². The molecule has 0 aliphatic rings. The van der Waals surface area contributed by atoms with Crippen molar-refractivity contribution in [2.45, 2.75) is 6.92 Å². The van der Waals surface area contributed by atoms with E-state index in [1.54, 1.807) is 6.07 Å². The highest BCUT2D eigenvalue weighted by atomic mass is 32.1. The molecule has 1 aromatic carbocycles. The van der Waals surface area contributed by atoms with Gasteiger partial charge in [-0.2, -0.15) is 0 Å². The van der Waals surface area contributed by atoms with Crippen LogP contribution in [0.4, 0.5) is 21.2 Å². The first-order chi connectivity index (χ1) is 8.15. The van der Waals surface area contributed by atoms with Crippen LogP contribution in [0.25, 0.3) is 0 Å². The van der Waals surface area contributed by atoms with E-state index in [2.05, 4.69) is 10.6 Å². The number of urea groups is 1. The summed E-state index contributed by atoms with van der Waals surface area (Å²) in [4.78, 5) is 11.6. The number of aryl methyl sites for hydroxylation is 1. The zero-order valence-corrected chi connectivity index (χ0v) is 10.2. The molecule has 4 N–H and O–H groups in total. The summed E-state index contributed by atoms with van der Waals surface area (Å²) >= 11 is 1.47. The van der Waals surface area contributed by atoms with Gasteiger partial charge >= 0.3 is 6.03 Å². The van der Waals surface area contributed by atoms with Crippen LogP contribution >= 0.6 is 11.3 Å². The van der Waals surface area contributed by atoms with E-state index < -0.39 is 0 Å². The summed E-state index contributed by atoms with van der Waals surface area (Å²) in [6, 6.07) is 8.93. The van der Waals surface area contributed by atoms with Crippen LogP contribution in [0.2, 0.25) is 0 Å². The second-order valence-electron chi connectivity index (χ2n) is 3.65. The van der Waals surface area contributed by atoms with Gasteiger partial charge in [0.25, 0.3) is 0 Å². The zero-order chi connectivity index (χ0) is 12.3. The number of hydrogen-bond acceptors (Lipinski definition) is 3. The van der Waals surface area contributed by atoms with Crippen LogP contribution < -0.4 is 16.4 Å². The molecule has 5 heteroatoms. The van der Waals surface area contributed by atoms with E-state index in [9.17, 15) is 4.79 Å². The first kappa shape index (κ1) is 11.5. The van der Waals surface area contributed by atoms with Crippen molar-refractivity contribution >= 4 is 33.7 Å². The minimum Gasteiger partial charge on any atom is -0.397 e. The molecule has 0 radical (unpaired) electrons.